The number of nitrogens with one attached hydrogen (secondary N) is 1. The molecule has 0 spiro atoms. The number of rotatable bonds is 4. The Kier molecular flexibility index (Phi) is 5.36. The molecule has 1 atom stereocenters. The van der Waals surface area contributed by atoms with Gasteiger partial charge in [-0.25, -0.2) is 0 Å². The second-order valence-corrected chi connectivity index (χ2v) is 6.13. The van der Waals surface area contributed by atoms with E-state index in [0.29, 0.717) is 30.5 Å². The summed E-state index contributed by atoms with van der Waals surface area (Å²) >= 11 is 0. The van der Waals surface area contributed by atoms with Crippen LogP contribution in [-0.2, 0) is 4.79 Å². The van der Waals surface area contributed by atoms with Gasteiger partial charge in [-0.05, 0) is 51.0 Å². The maximum absolute atomic E-state index is 12.5. The highest BCUT2D eigenvalue weighted by atomic mass is 16.4. The molecule has 124 valence electrons. The molecule has 0 aromatic heterocycles. The molecule has 0 saturated carbocycles. The molecule has 1 heterocycles. The van der Waals surface area contributed by atoms with Crippen molar-refractivity contribution in [3.63, 3.8) is 0 Å². The molecule has 6 heteroatoms. The van der Waals surface area contributed by atoms with Crippen LogP contribution in [-0.4, -0.2) is 46.9 Å². The number of carbonyl (C=O) groups is 3. The lowest BCUT2D eigenvalue weighted by atomic mass is 9.97. The van der Waals surface area contributed by atoms with Crippen molar-refractivity contribution >= 4 is 17.8 Å². The van der Waals surface area contributed by atoms with Crippen LogP contribution in [0.15, 0.2) is 24.3 Å². The van der Waals surface area contributed by atoms with E-state index in [2.05, 4.69) is 5.32 Å². The minimum atomic E-state index is -0.858. The molecule has 1 saturated heterocycles. The lowest BCUT2D eigenvalue weighted by Gasteiger charge is -2.30. The molecule has 1 aliphatic rings. The smallest absolute Gasteiger partial charge is 0.308 e. The molecule has 1 aliphatic heterocycles. The van der Waals surface area contributed by atoms with Crippen LogP contribution >= 0.6 is 0 Å². The molecular weight excluding hydrogens is 296 g/mol. The van der Waals surface area contributed by atoms with E-state index < -0.39 is 11.9 Å². The van der Waals surface area contributed by atoms with Crippen LogP contribution in [0.4, 0.5) is 0 Å². The number of carbonyl (C=O) groups excluding carboxylic acids is 2. The molecule has 23 heavy (non-hydrogen) atoms. The standard InChI is InChI=1S/C17H22N2O4/c1-11(2)18-15(20)12-5-7-13(8-6-12)16(21)19-9-3-4-14(10-19)17(22)23/h5-8,11,14H,3-4,9-10H2,1-2H3,(H,18,20)(H,22,23)/t14-/m0/s1. The van der Waals surface area contributed by atoms with Gasteiger partial charge in [-0.1, -0.05) is 0 Å². The summed E-state index contributed by atoms with van der Waals surface area (Å²) in [5, 5.41) is 11.9. The number of piperidine rings is 1. The van der Waals surface area contributed by atoms with E-state index >= 15 is 0 Å². The molecule has 0 unspecified atom stereocenters. The summed E-state index contributed by atoms with van der Waals surface area (Å²) in [7, 11) is 0. The van der Waals surface area contributed by atoms with Crippen molar-refractivity contribution in [3.05, 3.63) is 35.4 Å². The molecule has 2 amide bonds. The Morgan fingerprint density at radius 2 is 1.78 bits per heavy atom. The molecule has 0 radical (unpaired) electrons. The van der Waals surface area contributed by atoms with E-state index in [0.717, 1.165) is 0 Å². The van der Waals surface area contributed by atoms with Crippen LogP contribution in [0.2, 0.25) is 0 Å². The molecule has 1 aromatic carbocycles. The highest BCUT2D eigenvalue weighted by Gasteiger charge is 2.28. The first-order valence-corrected chi connectivity index (χ1v) is 7.81. The number of hydrogen-bond acceptors (Lipinski definition) is 3. The predicted octanol–water partition coefficient (Wildman–Crippen LogP) is 1.76. The molecule has 0 bridgehead atoms. The maximum atomic E-state index is 12.5. The normalized spacial score (nSPS) is 17.9. The number of hydrogen-bond donors (Lipinski definition) is 2. The van der Waals surface area contributed by atoms with E-state index in [4.69, 9.17) is 5.11 Å². The summed E-state index contributed by atoms with van der Waals surface area (Å²) in [6, 6.07) is 6.50. The molecule has 2 rings (SSSR count). The number of aliphatic carboxylic acids is 1. The fraction of sp³-hybridized carbons (Fsp3) is 0.471. The SMILES string of the molecule is CC(C)NC(=O)c1ccc(C(=O)N2CCC[C@H](C(=O)O)C2)cc1. The zero-order chi connectivity index (χ0) is 17.0. The van der Waals surface area contributed by atoms with Crippen molar-refractivity contribution in [1.82, 2.24) is 10.2 Å². The quantitative estimate of drug-likeness (QED) is 0.885. The van der Waals surface area contributed by atoms with Crippen LogP contribution in [0.1, 0.15) is 47.4 Å². The number of carboxylic acids is 1. The molecular formula is C17H22N2O4. The van der Waals surface area contributed by atoms with Crippen molar-refractivity contribution in [2.75, 3.05) is 13.1 Å². The van der Waals surface area contributed by atoms with Crippen LogP contribution in [0, 0.1) is 5.92 Å². The Morgan fingerprint density at radius 3 is 2.35 bits per heavy atom. The first kappa shape index (κ1) is 17.0. The second kappa shape index (κ2) is 7.26. The second-order valence-electron chi connectivity index (χ2n) is 6.13. The summed E-state index contributed by atoms with van der Waals surface area (Å²) in [6.45, 7) is 4.57. The molecule has 1 aromatic rings. The molecule has 2 N–H and O–H groups in total. The summed E-state index contributed by atoms with van der Waals surface area (Å²) in [6.07, 6.45) is 1.30. The van der Waals surface area contributed by atoms with Crippen molar-refractivity contribution in [1.29, 1.82) is 0 Å². The number of benzene rings is 1. The minimum absolute atomic E-state index is 0.0464. The summed E-state index contributed by atoms with van der Waals surface area (Å²) in [5.41, 5.74) is 0.967. The zero-order valence-electron chi connectivity index (χ0n) is 13.4. The van der Waals surface area contributed by atoms with Gasteiger partial charge in [0, 0.05) is 30.3 Å². The number of carboxylic acid groups (broad SMARTS) is 1. The Bertz CT molecular complexity index is 595. The van der Waals surface area contributed by atoms with Crippen LogP contribution in [0.25, 0.3) is 0 Å². The highest BCUT2D eigenvalue weighted by molar-refractivity contribution is 5.98. The third-order valence-electron chi connectivity index (χ3n) is 3.87. The highest BCUT2D eigenvalue weighted by Crippen LogP contribution is 2.19. The fourth-order valence-electron chi connectivity index (χ4n) is 2.66. The largest absolute Gasteiger partial charge is 0.481 e. The summed E-state index contributed by atoms with van der Waals surface area (Å²) < 4.78 is 0. The van der Waals surface area contributed by atoms with Gasteiger partial charge in [0.15, 0.2) is 0 Å². The third kappa shape index (κ3) is 4.31. The fourth-order valence-corrected chi connectivity index (χ4v) is 2.66. The van der Waals surface area contributed by atoms with Gasteiger partial charge < -0.3 is 15.3 Å². The van der Waals surface area contributed by atoms with E-state index in [1.165, 1.54) is 0 Å². The third-order valence-corrected chi connectivity index (χ3v) is 3.87. The van der Waals surface area contributed by atoms with E-state index in [1.807, 2.05) is 13.8 Å². The average molecular weight is 318 g/mol. The Morgan fingerprint density at radius 1 is 1.17 bits per heavy atom. The lowest BCUT2D eigenvalue weighted by Crippen LogP contribution is -2.42. The maximum Gasteiger partial charge on any atom is 0.308 e. The molecule has 0 aliphatic carbocycles. The minimum Gasteiger partial charge on any atom is -0.481 e. The number of likely N-dealkylation sites (tertiary alicyclic amines) is 1. The van der Waals surface area contributed by atoms with Crippen molar-refractivity contribution in [2.24, 2.45) is 5.92 Å². The summed E-state index contributed by atoms with van der Waals surface area (Å²) in [5.74, 6) is -1.72. The van der Waals surface area contributed by atoms with Crippen molar-refractivity contribution < 1.29 is 19.5 Å². The first-order chi connectivity index (χ1) is 10.9. The number of nitrogens with zero attached hydrogens (tertiary/aromatic N) is 1. The topological polar surface area (TPSA) is 86.7 Å². The number of amides is 2. The molecule has 1 fully saturated rings. The van der Waals surface area contributed by atoms with Gasteiger partial charge in [0.25, 0.3) is 11.8 Å². The van der Waals surface area contributed by atoms with Gasteiger partial charge in [-0.15, -0.1) is 0 Å². The van der Waals surface area contributed by atoms with Gasteiger partial charge in [-0.3, -0.25) is 14.4 Å². The zero-order valence-corrected chi connectivity index (χ0v) is 13.4. The van der Waals surface area contributed by atoms with Gasteiger partial charge in [-0.2, -0.15) is 0 Å². The summed E-state index contributed by atoms with van der Waals surface area (Å²) in [4.78, 5) is 37.0. The Labute approximate surface area is 135 Å². The van der Waals surface area contributed by atoms with Gasteiger partial charge >= 0.3 is 5.97 Å². The van der Waals surface area contributed by atoms with Crippen LogP contribution in [0.5, 0.6) is 0 Å². The van der Waals surface area contributed by atoms with Crippen molar-refractivity contribution in [2.45, 2.75) is 32.7 Å². The Balaban J connectivity index is 2.05. The van der Waals surface area contributed by atoms with Crippen LogP contribution in [0.3, 0.4) is 0 Å². The van der Waals surface area contributed by atoms with Crippen LogP contribution < -0.4 is 5.32 Å². The predicted molar refractivity (Wildman–Crippen MR) is 85.3 cm³/mol. The first-order valence-electron chi connectivity index (χ1n) is 7.81. The van der Waals surface area contributed by atoms with Gasteiger partial charge in [0.05, 0.1) is 5.92 Å². The van der Waals surface area contributed by atoms with E-state index in [1.54, 1.807) is 29.2 Å². The van der Waals surface area contributed by atoms with Gasteiger partial charge in [0.1, 0.15) is 0 Å². The molecule has 6 nitrogen and oxygen atoms in total. The van der Waals surface area contributed by atoms with E-state index in [9.17, 15) is 14.4 Å². The monoisotopic (exact) mass is 318 g/mol. The Hall–Kier alpha value is -2.37. The van der Waals surface area contributed by atoms with Gasteiger partial charge in [0.2, 0.25) is 0 Å². The van der Waals surface area contributed by atoms with Crippen molar-refractivity contribution in [3.8, 4) is 0 Å². The average Bonchev–Trinajstić information content (AvgIpc) is 2.53. The lowest BCUT2D eigenvalue weighted by molar-refractivity contribution is -0.143. The van der Waals surface area contributed by atoms with E-state index in [-0.39, 0.29) is 24.4 Å².